The first-order chi connectivity index (χ1) is 10.2. The van der Waals surface area contributed by atoms with Gasteiger partial charge in [-0.2, -0.15) is 0 Å². The number of fused-ring (bicyclic) bond motifs is 1. The van der Waals surface area contributed by atoms with Crippen molar-refractivity contribution >= 4 is 22.2 Å². The molecule has 1 atom stereocenters. The van der Waals surface area contributed by atoms with Crippen molar-refractivity contribution in [2.24, 2.45) is 0 Å². The maximum absolute atomic E-state index is 4.77. The van der Waals surface area contributed by atoms with Gasteiger partial charge in [-0.25, -0.2) is 4.98 Å². The largest absolute Gasteiger partial charge is 0.310 e. The summed E-state index contributed by atoms with van der Waals surface area (Å²) in [5.41, 5.74) is 3.25. The number of para-hydroxylation sites is 1. The summed E-state index contributed by atoms with van der Waals surface area (Å²) in [6.45, 7) is 7.36. The van der Waals surface area contributed by atoms with Gasteiger partial charge in [0.25, 0.3) is 0 Å². The number of thiazole rings is 1. The second-order valence-electron chi connectivity index (χ2n) is 5.13. The maximum atomic E-state index is 4.77. The van der Waals surface area contributed by atoms with Crippen molar-refractivity contribution in [3.63, 3.8) is 0 Å². The van der Waals surface area contributed by atoms with E-state index in [-0.39, 0.29) is 0 Å². The third kappa shape index (κ3) is 2.69. The molecule has 1 unspecified atom stereocenters. The minimum absolute atomic E-state index is 0.337. The molecule has 0 bridgehead atoms. The highest BCUT2D eigenvalue weighted by Crippen LogP contribution is 2.34. The number of benzene rings is 1. The summed E-state index contributed by atoms with van der Waals surface area (Å²) in [7, 11) is 0. The van der Waals surface area contributed by atoms with Crippen molar-refractivity contribution in [1.82, 2.24) is 15.3 Å². The minimum Gasteiger partial charge on any atom is -0.310 e. The number of aromatic nitrogens is 2. The Morgan fingerprint density at radius 2 is 2.05 bits per heavy atom. The molecule has 1 N–H and O–H groups in total. The molecule has 0 saturated carbocycles. The second kappa shape index (κ2) is 5.92. The normalized spacial score (nSPS) is 12.7. The highest BCUT2D eigenvalue weighted by Gasteiger charge is 2.16. The molecule has 3 rings (SSSR count). The Morgan fingerprint density at radius 3 is 2.86 bits per heavy atom. The molecule has 0 saturated heterocycles. The molecule has 0 aliphatic rings. The zero-order valence-corrected chi connectivity index (χ0v) is 13.4. The molecule has 0 aliphatic heterocycles. The third-order valence-electron chi connectivity index (χ3n) is 3.60. The van der Waals surface area contributed by atoms with E-state index in [4.69, 9.17) is 4.98 Å². The van der Waals surface area contributed by atoms with Crippen LogP contribution in [0.4, 0.5) is 0 Å². The number of hydrogen-bond donors (Lipinski definition) is 1. The number of hydrogen-bond acceptors (Lipinski definition) is 4. The standard InChI is InChI=1S/C17H19N3S/c1-4-18-11(2)16-12(3)20-17(21-16)14-9-5-7-13-8-6-10-19-15(13)14/h5-11,18H,4H2,1-3H3. The quantitative estimate of drug-likeness (QED) is 0.778. The molecule has 0 radical (unpaired) electrons. The lowest BCUT2D eigenvalue weighted by atomic mass is 10.1. The topological polar surface area (TPSA) is 37.8 Å². The third-order valence-corrected chi connectivity index (χ3v) is 4.97. The smallest absolute Gasteiger partial charge is 0.126 e. The van der Waals surface area contributed by atoms with Crippen LogP contribution in [0.5, 0.6) is 0 Å². The summed E-state index contributed by atoms with van der Waals surface area (Å²) >= 11 is 1.76. The zero-order chi connectivity index (χ0) is 14.8. The van der Waals surface area contributed by atoms with Crippen LogP contribution in [0.1, 0.15) is 30.5 Å². The molecular formula is C17H19N3S. The van der Waals surface area contributed by atoms with Crippen LogP contribution in [-0.4, -0.2) is 16.5 Å². The summed E-state index contributed by atoms with van der Waals surface area (Å²) in [6.07, 6.45) is 1.84. The van der Waals surface area contributed by atoms with E-state index in [1.165, 1.54) is 4.88 Å². The van der Waals surface area contributed by atoms with Gasteiger partial charge >= 0.3 is 0 Å². The predicted molar refractivity (Wildman–Crippen MR) is 89.7 cm³/mol. The van der Waals surface area contributed by atoms with Gasteiger partial charge in [-0.1, -0.05) is 25.1 Å². The first-order valence-electron chi connectivity index (χ1n) is 7.25. The Labute approximate surface area is 129 Å². The van der Waals surface area contributed by atoms with Gasteiger partial charge in [0, 0.05) is 28.1 Å². The molecule has 21 heavy (non-hydrogen) atoms. The van der Waals surface area contributed by atoms with Gasteiger partial charge in [0.15, 0.2) is 0 Å². The highest BCUT2D eigenvalue weighted by molar-refractivity contribution is 7.15. The van der Waals surface area contributed by atoms with Crippen molar-refractivity contribution < 1.29 is 0 Å². The van der Waals surface area contributed by atoms with E-state index >= 15 is 0 Å². The summed E-state index contributed by atoms with van der Waals surface area (Å²) < 4.78 is 0. The number of nitrogens with one attached hydrogen (secondary N) is 1. The molecular weight excluding hydrogens is 278 g/mol. The summed E-state index contributed by atoms with van der Waals surface area (Å²) in [6, 6.07) is 10.7. The average Bonchev–Trinajstić information content (AvgIpc) is 2.89. The zero-order valence-electron chi connectivity index (χ0n) is 12.6. The van der Waals surface area contributed by atoms with Crippen LogP contribution in [0, 0.1) is 6.92 Å². The van der Waals surface area contributed by atoms with Crippen LogP contribution < -0.4 is 5.32 Å². The van der Waals surface area contributed by atoms with E-state index < -0.39 is 0 Å². The number of rotatable bonds is 4. The number of pyridine rings is 1. The first kappa shape index (κ1) is 14.2. The van der Waals surface area contributed by atoms with Gasteiger partial charge in [-0.3, -0.25) is 4.98 Å². The van der Waals surface area contributed by atoms with Crippen LogP contribution >= 0.6 is 11.3 Å². The number of nitrogens with zero attached hydrogens (tertiary/aromatic N) is 2. The van der Waals surface area contributed by atoms with Gasteiger partial charge in [-0.15, -0.1) is 11.3 Å². The molecule has 0 amide bonds. The molecule has 0 spiro atoms. The molecule has 2 aromatic heterocycles. The Bertz CT molecular complexity index is 758. The van der Waals surface area contributed by atoms with E-state index in [9.17, 15) is 0 Å². The van der Waals surface area contributed by atoms with Crippen LogP contribution in [0.2, 0.25) is 0 Å². The molecule has 3 nitrogen and oxygen atoms in total. The van der Waals surface area contributed by atoms with Crippen LogP contribution in [0.25, 0.3) is 21.5 Å². The van der Waals surface area contributed by atoms with Gasteiger partial charge in [0.2, 0.25) is 0 Å². The molecule has 1 aromatic carbocycles. The lowest BCUT2D eigenvalue weighted by molar-refractivity contribution is 0.603. The van der Waals surface area contributed by atoms with Crippen LogP contribution in [0.3, 0.4) is 0 Å². The van der Waals surface area contributed by atoms with Crippen molar-refractivity contribution in [3.05, 3.63) is 47.1 Å². The van der Waals surface area contributed by atoms with Crippen LogP contribution in [0.15, 0.2) is 36.5 Å². The van der Waals surface area contributed by atoms with E-state index in [0.717, 1.165) is 33.7 Å². The minimum atomic E-state index is 0.337. The fourth-order valence-electron chi connectivity index (χ4n) is 2.60. The molecule has 4 heteroatoms. The lowest BCUT2D eigenvalue weighted by Crippen LogP contribution is -2.17. The Hall–Kier alpha value is -1.78. The van der Waals surface area contributed by atoms with Crippen molar-refractivity contribution in [2.75, 3.05) is 6.54 Å². The summed E-state index contributed by atoms with van der Waals surface area (Å²) in [4.78, 5) is 10.6. The van der Waals surface area contributed by atoms with Gasteiger partial charge in [0.05, 0.1) is 11.2 Å². The molecule has 0 aliphatic carbocycles. The summed E-state index contributed by atoms with van der Waals surface area (Å²) in [5.74, 6) is 0. The Balaban J connectivity index is 2.09. The fourth-order valence-corrected chi connectivity index (χ4v) is 3.72. The van der Waals surface area contributed by atoms with E-state index in [1.54, 1.807) is 11.3 Å². The fraction of sp³-hybridized carbons (Fsp3) is 0.294. The SMILES string of the molecule is CCNC(C)c1sc(-c2cccc3cccnc23)nc1C. The second-order valence-corrected chi connectivity index (χ2v) is 6.16. The first-order valence-corrected chi connectivity index (χ1v) is 8.07. The molecule has 108 valence electrons. The predicted octanol–water partition coefficient (Wildman–Crippen LogP) is 4.34. The van der Waals surface area contributed by atoms with Gasteiger partial charge < -0.3 is 5.32 Å². The van der Waals surface area contributed by atoms with Crippen molar-refractivity contribution in [1.29, 1.82) is 0 Å². The van der Waals surface area contributed by atoms with Gasteiger partial charge in [0.1, 0.15) is 5.01 Å². The van der Waals surface area contributed by atoms with Crippen LogP contribution in [-0.2, 0) is 0 Å². The maximum Gasteiger partial charge on any atom is 0.126 e. The Kier molecular flexibility index (Phi) is 3.99. The molecule has 3 aromatic rings. The number of aryl methyl sites for hydroxylation is 1. The lowest BCUT2D eigenvalue weighted by Gasteiger charge is -2.09. The van der Waals surface area contributed by atoms with E-state index in [0.29, 0.717) is 6.04 Å². The average molecular weight is 297 g/mol. The summed E-state index contributed by atoms with van der Waals surface area (Å²) in [5, 5.41) is 5.67. The van der Waals surface area contributed by atoms with E-state index in [2.05, 4.69) is 55.3 Å². The monoisotopic (exact) mass is 297 g/mol. The molecule has 2 heterocycles. The highest BCUT2D eigenvalue weighted by atomic mass is 32.1. The Morgan fingerprint density at radius 1 is 1.24 bits per heavy atom. The van der Waals surface area contributed by atoms with Crippen molar-refractivity contribution in [2.45, 2.75) is 26.8 Å². The molecule has 0 fully saturated rings. The van der Waals surface area contributed by atoms with Gasteiger partial charge in [-0.05, 0) is 32.5 Å². The van der Waals surface area contributed by atoms with Crippen molar-refractivity contribution in [3.8, 4) is 10.6 Å². The van der Waals surface area contributed by atoms with E-state index in [1.807, 2.05) is 12.3 Å².